The summed E-state index contributed by atoms with van der Waals surface area (Å²) in [6, 6.07) is 0. The van der Waals surface area contributed by atoms with E-state index in [0.717, 1.165) is 32.8 Å². The molecule has 20 heavy (non-hydrogen) atoms. The molecule has 120 valence electrons. The first-order chi connectivity index (χ1) is 9.47. The molecule has 1 saturated heterocycles. The van der Waals surface area contributed by atoms with Crippen molar-refractivity contribution in [2.24, 2.45) is 5.41 Å². The molecule has 1 atom stereocenters. The smallest absolute Gasteiger partial charge is 0.0700 e. The summed E-state index contributed by atoms with van der Waals surface area (Å²) in [6.07, 6.45) is 4.70. The van der Waals surface area contributed by atoms with Gasteiger partial charge in [0.15, 0.2) is 0 Å². The van der Waals surface area contributed by atoms with Gasteiger partial charge in [-0.25, -0.2) is 0 Å². The van der Waals surface area contributed by atoms with Crippen LogP contribution >= 0.6 is 0 Å². The Morgan fingerprint density at radius 2 is 2.00 bits per heavy atom. The fraction of sp³-hybridized carbons (Fsp3) is 1.00. The number of rotatable bonds is 9. The predicted molar refractivity (Wildman–Crippen MR) is 82.2 cm³/mol. The van der Waals surface area contributed by atoms with Gasteiger partial charge in [0.25, 0.3) is 0 Å². The third kappa shape index (κ3) is 7.58. The van der Waals surface area contributed by atoms with E-state index in [1.54, 1.807) is 7.11 Å². The van der Waals surface area contributed by atoms with Crippen LogP contribution in [0.25, 0.3) is 0 Å². The zero-order valence-corrected chi connectivity index (χ0v) is 13.8. The average molecular weight is 287 g/mol. The van der Waals surface area contributed by atoms with E-state index < -0.39 is 0 Å². The molecule has 0 bridgehead atoms. The van der Waals surface area contributed by atoms with Gasteiger partial charge in [0, 0.05) is 37.8 Å². The second-order valence-electron chi connectivity index (χ2n) is 6.97. The van der Waals surface area contributed by atoms with Crippen molar-refractivity contribution < 1.29 is 14.2 Å². The monoisotopic (exact) mass is 287 g/mol. The molecular formula is C16H33NO3. The minimum Gasteiger partial charge on any atom is -0.382 e. The van der Waals surface area contributed by atoms with Gasteiger partial charge in [-0.3, -0.25) is 0 Å². The van der Waals surface area contributed by atoms with Gasteiger partial charge in [-0.15, -0.1) is 0 Å². The van der Waals surface area contributed by atoms with Crippen LogP contribution in [-0.2, 0) is 14.2 Å². The molecule has 4 heteroatoms. The fourth-order valence-corrected chi connectivity index (χ4v) is 2.58. The first-order valence-corrected chi connectivity index (χ1v) is 7.87. The third-order valence-electron chi connectivity index (χ3n) is 3.83. The van der Waals surface area contributed by atoms with E-state index >= 15 is 0 Å². The van der Waals surface area contributed by atoms with Gasteiger partial charge in [0.05, 0.1) is 19.8 Å². The lowest BCUT2D eigenvalue weighted by Crippen LogP contribution is -2.47. The van der Waals surface area contributed by atoms with Crippen molar-refractivity contribution in [3.05, 3.63) is 0 Å². The molecule has 1 rings (SSSR count). The van der Waals surface area contributed by atoms with Crippen LogP contribution in [0, 0.1) is 5.41 Å². The van der Waals surface area contributed by atoms with E-state index in [1.165, 1.54) is 19.3 Å². The van der Waals surface area contributed by atoms with E-state index in [0.29, 0.717) is 13.2 Å². The fourth-order valence-electron chi connectivity index (χ4n) is 2.58. The highest BCUT2D eigenvalue weighted by Gasteiger charge is 2.33. The van der Waals surface area contributed by atoms with E-state index in [2.05, 4.69) is 26.1 Å². The maximum absolute atomic E-state index is 5.75. The lowest BCUT2D eigenvalue weighted by atomic mass is 9.78. The SMILES string of the molecule is COCCOCCCC1(CNC(C)(C)C)CCCOC1. The molecule has 1 fully saturated rings. The molecule has 0 saturated carbocycles. The van der Waals surface area contributed by atoms with E-state index in [9.17, 15) is 0 Å². The Hall–Kier alpha value is -0.160. The van der Waals surface area contributed by atoms with Gasteiger partial charge in [-0.05, 0) is 46.5 Å². The Labute approximate surface area is 124 Å². The molecule has 0 aromatic carbocycles. The van der Waals surface area contributed by atoms with Gasteiger partial charge >= 0.3 is 0 Å². The maximum Gasteiger partial charge on any atom is 0.0700 e. The van der Waals surface area contributed by atoms with Gasteiger partial charge in [-0.2, -0.15) is 0 Å². The van der Waals surface area contributed by atoms with Crippen molar-refractivity contribution in [2.45, 2.75) is 52.0 Å². The molecule has 0 aliphatic carbocycles. The lowest BCUT2D eigenvalue weighted by molar-refractivity contribution is -0.0208. The quantitative estimate of drug-likeness (QED) is 0.662. The summed E-state index contributed by atoms with van der Waals surface area (Å²) in [6.45, 7) is 11.7. The standard InChI is InChI=1S/C16H33NO3/c1-15(2,3)17-13-16(8-6-10-20-14-16)7-5-9-19-12-11-18-4/h17H,5-14H2,1-4H3. The van der Waals surface area contributed by atoms with Crippen LogP contribution in [0.5, 0.6) is 0 Å². The summed E-state index contributed by atoms with van der Waals surface area (Å²) < 4.78 is 16.3. The molecule has 0 aromatic heterocycles. The van der Waals surface area contributed by atoms with Crippen LogP contribution in [0.3, 0.4) is 0 Å². The zero-order valence-electron chi connectivity index (χ0n) is 13.8. The van der Waals surface area contributed by atoms with Crippen molar-refractivity contribution in [3.63, 3.8) is 0 Å². The van der Waals surface area contributed by atoms with Gasteiger partial charge < -0.3 is 19.5 Å². The van der Waals surface area contributed by atoms with Crippen LogP contribution in [0.2, 0.25) is 0 Å². The molecule has 1 aliphatic rings. The largest absolute Gasteiger partial charge is 0.382 e. The first kappa shape index (κ1) is 17.9. The number of nitrogens with one attached hydrogen (secondary N) is 1. The number of methoxy groups -OCH3 is 1. The third-order valence-corrected chi connectivity index (χ3v) is 3.83. The van der Waals surface area contributed by atoms with Crippen LogP contribution in [-0.4, -0.2) is 52.2 Å². The highest BCUT2D eigenvalue weighted by atomic mass is 16.5. The van der Waals surface area contributed by atoms with Crippen molar-refractivity contribution in [1.82, 2.24) is 5.32 Å². The second kappa shape index (κ2) is 8.98. The van der Waals surface area contributed by atoms with E-state index in [-0.39, 0.29) is 11.0 Å². The molecular weight excluding hydrogens is 254 g/mol. The summed E-state index contributed by atoms with van der Waals surface area (Å²) in [5.41, 5.74) is 0.454. The summed E-state index contributed by atoms with van der Waals surface area (Å²) >= 11 is 0. The van der Waals surface area contributed by atoms with Crippen molar-refractivity contribution in [3.8, 4) is 0 Å². The molecule has 1 N–H and O–H groups in total. The summed E-state index contributed by atoms with van der Waals surface area (Å²) in [7, 11) is 1.70. The Bertz CT molecular complexity index is 245. The van der Waals surface area contributed by atoms with Gasteiger partial charge in [0.1, 0.15) is 0 Å². The second-order valence-corrected chi connectivity index (χ2v) is 6.97. The summed E-state index contributed by atoms with van der Waals surface area (Å²) in [4.78, 5) is 0. The minimum atomic E-state index is 0.166. The Kier molecular flexibility index (Phi) is 8.03. The van der Waals surface area contributed by atoms with Crippen molar-refractivity contribution >= 4 is 0 Å². The van der Waals surface area contributed by atoms with Crippen molar-refractivity contribution in [1.29, 1.82) is 0 Å². The zero-order chi connectivity index (χ0) is 14.9. The molecule has 1 unspecified atom stereocenters. The molecule has 0 amide bonds. The highest BCUT2D eigenvalue weighted by Crippen LogP contribution is 2.33. The molecule has 0 aromatic rings. The number of ether oxygens (including phenoxy) is 3. The first-order valence-electron chi connectivity index (χ1n) is 7.87. The average Bonchev–Trinajstić information content (AvgIpc) is 2.41. The highest BCUT2D eigenvalue weighted by molar-refractivity contribution is 4.86. The molecule has 4 nitrogen and oxygen atoms in total. The molecule has 0 radical (unpaired) electrons. The minimum absolute atomic E-state index is 0.166. The van der Waals surface area contributed by atoms with Crippen LogP contribution in [0.4, 0.5) is 0 Å². The number of hydrogen-bond donors (Lipinski definition) is 1. The lowest BCUT2D eigenvalue weighted by Gasteiger charge is -2.39. The maximum atomic E-state index is 5.75. The Morgan fingerprint density at radius 3 is 2.60 bits per heavy atom. The van der Waals surface area contributed by atoms with E-state index in [4.69, 9.17) is 14.2 Å². The predicted octanol–water partition coefficient (Wildman–Crippen LogP) is 2.61. The Morgan fingerprint density at radius 1 is 1.20 bits per heavy atom. The van der Waals surface area contributed by atoms with E-state index in [1.807, 2.05) is 0 Å². The van der Waals surface area contributed by atoms with Gasteiger partial charge in [0.2, 0.25) is 0 Å². The van der Waals surface area contributed by atoms with Gasteiger partial charge in [-0.1, -0.05) is 0 Å². The number of hydrogen-bond acceptors (Lipinski definition) is 4. The summed E-state index contributed by atoms with van der Waals surface area (Å²) in [5.74, 6) is 0. The van der Waals surface area contributed by atoms with Crippen LogP contribution in [0.1, 0.15) is 46.5 Å². The molecule has 1 heterocycles. The normalized spacial score (nSPS) is 24.0. The van der Waals surface area contributed by atoms with Crippen molar-refractivity contribution in [2.75, 3.05) is 46.7 Å². The van der Waals surface area contributed by atoms with Crippen LogP contribution in [0.15, 0.2) is 0 Å². The topological polar surface area (TPSA) is 39.7 Å². The summed E-state index contributed by atoms with van der Waals surface area (Å²) in [5, 5.41) is 3.65. The Balaban J connectivity index is 2.31. The molecule has 0 spiro atoms. The van der Waals surface area contributed by atoms with Crippen LogP contribution < -0.4 is 5.32 Å². The molecule has 1 aliphatic heterocycles.